The van der Waals surface area contributed by atoms with Gasteiger partial charge in [0.1, 0.15) is 12.5 Å². The first-order valence-corrected chi connectivity index (χ1v) is 18.8. The fourth-order valence-electron chi connectivity index (χ4n) is 8.25. The first-order chi connectivity index (χ1) is 24.6. The lowest BCUT2D eigenvalue weighted by molar-refractivity contribution is 0.106. The van der Waals surface area contributed by atoms with Gasteiger partial charge in [0.15, 0.2) is 0 Å². The first kappa shape index (κ1) is 36.4. The highest BCUT2D eigenvalue weighted by atomic mass is 19.1. The molecule has 0 fully saturated rings. The highest BCUT2D eigenvalue weighted by Gasteiger charge is 2.39. The number of ether oxygens (including phenoxy) is 1. The fraction of sp³-hybridized carbons (Fsp3) is 0.400. The summed E-state index contributed by atoms with van der Waals surface area (Å²) in [5, 5.41) is 8.06. The van der Waals surface area contributed by atoms with Crippen molar-refractivity contribution in [3.8, 4) is 0 Å². The second-order valence-electron chi connectivity index (χ2n) is 14.6. The average molecular weight is 687 g/mol. The van der Waals surface area contributed by atoms with Gasteiger partial charge in [0.25, 0.3) is 0 Å². The minimum atomic E-state index is -0.231. The summed E-state index contributed by atoms with van der Waals surface area (Å²) in [4.78, 5) is 7.52. The van der Waals surface area contributed by atoms with Gasteiger partial charge in [-0.15, -0.1) is 0 Å². The van der Waals surface area contributed by atoms with Crippen molar-refractivity contribution >= 4 is 16.6 Å². The summed E-state index contributed by atoms with van der Waals surface area (Å²) < 4.78 is 21.5. The van der Waals surface area contributed by atoms with E-state index in [2.05, 4.69) is 93.0 Å². The quantitative estimate of drug-likeness (QED) is 0.0892. The Balaban J connectivity index is 1.24. The number of rotatable bonds is 16. The summed E-state index contributed by atoms with van der Waals surface area (Å²) in [7, 11) is 0. The summed E-state index contributed by atoms with van der Waals surface area (Å²) >= 11 is 0. The number of nitrogens with zero attached hydrogens (tertiary/aromatic N) is 2. The zero-order valence-corrected chi connectivity index (χ0v) is 31.1. The van der Waals surface area contributed by atoms with E-state index in [9.17, 15) is 0 Å². The van der Waals surface area contributed by atoms with Crippen molar-refractivity contribution in [2.75, 3.05) is 13.3 Å². The average Bonchev–Trinajstić information content (AvgIpc) is 3.47. The molecule has 6 heteroatoms. The van der Waals surface area contributed by atoms with Crippen molar-refractivity contribution in [3.63, 3.8) is 0 Å². The number of benzene rings is 2. The first-order valence-electron chi connectivity index (χ1n) is 18.8. The fourth-order valence-corrected chi connectivity index (χ4v) is 8.25. The Morgan fingerprint density at radius 2 is 1.86 bits per heavy atom. The topological polar surface area (TPSA) is 49.4 Å². The van der Waals surface area contributed by atoms with Gasteiger partial charge in [0.2, 0.25) is 0 Å². The van der Waals surface area contributed by atoms with Crippen LogP contribution in [-0.2, 0) is 17.7 Å². The van der Waals surface area contributed by atoms with E-state index in [0.29, 0.717) is 36.9 Å². The number of fused-ring (bicyclic) bond motifs is 4. The van der Waals surface area contributed by atoms with Crippen molar-refractivity contribution < 1.29 is 9.13 Å². The van der Waals surface area contributed by atoms with Crippen LogP contribution in [0.2, 0.25) is 0 Å². The van der Waals surface area contributed by atoms with Crippen LogP contribution >= 0.6 is 0 Å². The molecule has 51 heavy (non-hydrogen) atoms. The maximum Gasteiger partial charge on any atom is 0.128 e. The summed E-state index contributed by atoms with van der Waals surface area (Å²) in [6, 6.07) is 14.3. The number of aromatic nitrogens is 1. The molecule has 3 aliphatic rings. The Labute approximate surface area is 304 Å². The molecule has 3 unspecified atom stereocenters. The number of nitrogens with one attached hydrogen (secondary N) is 2. The summed E-state index contributed by atoms with van der Waals surface area (Å²) in [5.41, 5.74) is 14.0. The van der Waals surface area contributed by atoms with Gasteiger partial charge >= 0.3 is 0 Å². The monoisotopic (exact) mass is 686 g/mol. The maximum absolute atomic E-state index is 15.1. The standard InChI is InChI=1S/C45H55FN4O/c1-9-15-34(26-51-27-47-31(7)21-35(48-30(6)10-2)22-33-16-13-12-14-17-33)44-39-20-29(5)41(46)24-42(39)49-45-40(44)25-50-32(8)37-19-18-28(4)36(11-3)38(37)23-43(45)50/h12-14,16-17,20,23-24,34-36,47-48H,4,6-11,15,18-19,21-22,25-27H2,1-3,5H3. The van der Waals surface area contributed by atoms with Gasteiger partial charge in [-0.05, 0) is 85.4 Å². The lowest BCUT2D eigenvalue weighted by atomic mass is 9.75. The third kappa shape index (κ3) is 7.62. The number of hydrogen-bond acceptors (Lipinski definition) is 5. The summed E-state index contributed by atoms with van der Waals surface area (Å²) in [5.74, 6) is 0.198. The zero-order valence-electron chi connectivity index (χ0n) is 31.1. The largest absolute Gasteiger partial charge is 0.385 e. The Morgan fingerprint density at radius 3 is 2.59 bits per heavy atom. The molecule has 3 aromatic rings. The predicted octanol–water partition coefficient (Wildman–Crippen LogP) is 10.5. The SMILES string of the molecule is C=C(CC(Cc1ccccc1)NC(=C)CC)NCOCC(CCC)c1c2c(nc3cc(F)c(C)cc13)C1=CC3=C(CCC(=C)C3CC)C(=C)N1C2. The molecule has 0 amide bonds. The van der Waals surface area contributed by atoms with Crippen molar-refractivity contribution in [2.24, 2.45) is 5.92 Å². The van der Waals surface area contributed by atoms with Crippen LogP contribution in [0.3, 0.4) is 0 Å². The van der Waals surface area contributed by atoms with Crippen LogP contribution in [0, 0.1) is 18.7 Å². The third-order valence-corrected chi connectivity index (χ3v) is 11.0. The number of hydrogen-bond donors (Lipinski definition) is 2. The molecule has 0 radical (unpaired) electrons. The number of aryl methyl sites for hydroxylation is 1. The van der Waals surface area contributed by atoms with Crippen LogP contribution in [0.1, 0.15) is 99.6 Å². The van der Waals surface area contributed by atoms with Crippen molar-refractivity contribution in [2.45, 2.75) is 97.6 Å². The molecular formula is C45H55FN4O. The molecule has 5 nitrogen and oxygen atoms in total. The summed E-state index contributed by atoms with van der Waals surface area (Å²) in [6.07, 6.45) is 9.76. The second kappa shape index (κ2) is 15.9. The van der Waals surface area contributed by atoms with Crippen LogP contribution in [-0.4, -0.2) is 29.3 Å². The van der Waals surface area contributed by atoms with Crippen molar-refractivity contribution in [1.82, 2.24) is 20.5 Å². The molecule has 2 aliphatic heterocycles. The Kier molecular flexibility index (Phi) is 11.3. The number of allylic oxidation sites excluding steroid dienone is 5. The van der Waals surface area contributed by atoms with Crippen LogP contribution in [0.25, 0.3) is 16.6 Å². The van der Waals surface area contributed by atoms with E-state index >= 15 is 4.39 Å². The number of halogens is 1. The maximum atomic E-state index is 15.1. The van der Waals surface area contributed by atoms with E-state index in [1.807, 2.05) is 19.1 Å². The smallest absolute Gasteiger partial charge is 0.128 e. The van der Waals surface area contributed by atoms with Gasteiger partial charge in [0.05, 0.1) is 30.1 Å². The van der Waals surface area contributed by atoms with E-state index in [4.69, 9.17) is 9.72 Å². The van der Waals surface area contributed by atoms with E-state index in [-0.39, 0.29) is 17.8 Å². The van der Waals surface area contributed by atoms with Gasteiger partial charge in [-0.2, -0.15) is 0 Å². The zero-order chi connectivity index (χ0) is 36.2. The van der Waals surface area contributed by atoms with Crippen LogP contribution in [0.4, 0.5) is 4.39 Å². The molecule has 0 bridgehead atoms. The molecule has 2 N–H and O–H groups in total. The predicted molar refractivity (Wildman–Crippen MR) is 210 cm³/mol. The highest BCUT2D eigenvalue weighted by Crippen LogP contribution is 2.50. The number of pyridine rings is 1. The molecule has 1 aromatic heterocycles. The molecule has 1 aliphatic carbocycles. The van der Waals surface area contributed by atoms with E-state index in [1.165, 1.54) is 33.4 Å². The molecule has 0 spiro atoms. The van der Waals surface area contributed by atoms with Gasteiger partial charge < -0.3 is 20.3 Å². The third-order valence-electron chi connectivity index (χ3n) is 11.0. The molecule has 0 saturated heterocycles. The normalized spacial score (nSPS) is 17.9. The molecular weight excluding hydrogens is 632 g/mol. The molecule has 268 valence electrons. The van der Waals surface area contributed by atoms with Crippen LogP contribution in [0.5, 0.6) is 0 Å². The van der Waals surface area contributed by atoms with E-state index in [1.54, 1.807) is 6.07 Å². The van der Waals surface area contributed by atoms with Crippen LogP contribution < -0.4 is 10.6 Å². The van der Waals surface area contributed by atoms with Gasteiger partial charge in [0, 0.05) is 58.4 Å². The Hall–Kier alpha value is -4.42. The Morgan fingerprint density at radius 1 is 1.08 bits per heavy atom. The Bertz CT molecular complexity index is 1900. The molecule has 3 heterocycles. The van der Waals surface area contributed by atoms with Crippen LogP contribution in [0.15, 0.2) is 109 Å². The highest BCUT2D eigenvalue weighted by molar-refractivity contribution is 5.90. The minimum Gasteiger partial charge on any atom is -0.385 e. The van der Waals surface area contributed by atoms with Gasteiger partial charge in [-0.3, -0.25) is 0 Å². The lowest BCUT2D eigenvalue weighted by Gasteiger charge is -2.37. The van der Waals surface area contributed by atoms with E-state index < -0.39 is 0 Å². The van der Waals surface area contributed by atoms with Gasteiger partial charge in [-0.1, -0.05) is 89.4 Å². The molecule has 6 rings (SSSR count). The molecule has 2 aromatic carbocycles. The summed E-state index contributed by atoms with van der Waals surface area (Å²) in [6.45, 7) is 27.6. The minimum absolute atomic E-state index is 0.107. The van der Waals surface area contributed by atoms with Crippen molar-refractivity contribution in [3.05, 3.63) is 142 Å². The van der Waals surface area contributed by atoms with Gasteiger partial charge in [-0.25, -0.2) is 9.37 Å². The molecule has 0 saturated carbocycles. The van der Waals surface area contributed by atoms with Crippen molar-refractivity contribution in [1.29, 1.82) is 0 Å². The lowest BCUT2D eigenvalue weighted by Crippen LogP contribution is -2.33. The second-order valence-corrected chi connectivity index (χ2v) is 14.6. The van der Waals surface area contributed by atoms with E-state index in [0.717, 1.165) is 85.2 Å². The molecule has 3 atom stereocenters.